The van der Waals surface area contributed by atoms with Crippen LogP contribution in [0.5, 0.6) is 17.2 Å². The van der Waals surface area contributed by atoms with Crippen molar-refractivity contribution < 1.29 is 19.0 Å². The lowest BCUT2D eigenvalue weighted by atomic mass is 10.1. The van der Waals surface area contributed by atoms with Crippen molar-refractivity contribution in [3.63, 3.8) is 0 Å². The molecule has 0 fully saturated rings. The van der Waals surface area contributed by atoms with Gasteiger partial charge in [-0.3, -0.25) is 9.78 Å². The summed E-state index contributed by atoms with van der Waals surface area (Å²) in [5.74, 6) is 1.70. The minimum absolute atomic E-state index is 0.0906. The zero-order valence-corrected chi connectivity index (χ0v) is 14.8. The summed E-state index contributed by atoms with van der Waals surface area (Å²) in [6.07, 6.45) is 6.46. The van der Waals surface area contributed by atoms with Crippen molar-refractivity contribution in [1.82, 2.24) is 4.98 Å². The molecule has 5 nitrogen and oxygen atoms in total. The molecule has 0 aliphatic heterocycles. The number of pyridine rings is 1. The van der Waals surface area contributed by atoms with E-state index < -0.39 is 0 Å². The molecule has 0 saturated carbocycles. The van der Waals surface area contributed by atoms with Crippen LogP contribution in [0.1, 0.15) is 36.7 Å². The largest absolute Gasteiger partial charge is 0.490 e. The molecule has 25 heavy (non-hydrogen) atoms. The van der Waals surface area contributed by atoms with Crippen molar-refractivity contribution in [3.8, 4) is 17.2 Å². The number of hydrogen-bond donors (Lipinski definition) is 0. The van der Waals surface area contributed by atoms with Crippen molar-refractivity contribution in [2.45, 2.75) is 20.8 Å². The Labute approximate surface area is 148 Å². The summed E-state index contributed by atoms with van der Waals surface area (Å²) in [6, 6.07) is 7.05. The fourth-order valence-electron chi connectivity index (χ4n) is 2.29. The quantitative estimate of drug-likeness (QED) is 0.506. The van der Waals surface area contributed by atoms with E-state index in [1.807, 2.05) is 32.9 Å². The van der Waals surface area contributed by atoms with Crippen molar-refractivity contribution in [2.75, 3.05) is 19.8 Å². The lowest BCUT2D eigenvalue weighted by Crippen LogP contribution is -2.03. The highest BCUT2D eigenvalue weighted by Gasteiger charge is 2.14. The van der Waals surface area contributed by atoms with Gasteiger partial charge >= 0.3 is 0 Å². The fraction of sp³-hybridized carbons (Fsp3) is 0.300. The molecule has 0 amide bonds. The summed E-state index contributed by atoms with van der Waals surface area (Å²) in [5, 5.41) is 0. The van der Waals surface area contributed by atoms with Crippen molar-refractivity contribution in [1.29, 1.82) is 0 Å². The van der Waals surface area contributed by atoms with E-state index in [1.165, 1.54) is 6.08 Å². The maximum Gasteiger partial charge on any atom is 0.203 e. The molecule has 0 aliphatic carbocycles. The van der Waals surface area contributed by atoms with Gasteiger partial charge < -0.3 is 14.2 Å². The van der Waals surface area contributed by atoms with Gasteiger partial charge in [0.05, 0.1) is 19.8 Å². The fourth-order valence-corrected chi connectivity index (χ4v) is 2.29. The third-order valence-electron chi connectivity index (χ3n) is 3.32. The van der Waals surface area contributed by atoms with Gasteiger partial charge in [0.25, 0.3) is 0 Å². The first-order valence-electron chi connectivity index (χ1n) is 8.38. The molecule has 1 aromatic carbocycles. The van der Waals surface area contributed by atoms with Gasteiger partial charge in [-0.2, -0.15) is 0 Å². The first-order valence-corrected chi connectivity index (χ1v) is 8.38. The van der Waals surface area contributed by atoms with Crippen molar-refractivity contribution in [3.05, 3.63) is 53.9 Å². The Morgan fingerprint density at radius 2 is 1.52 bits per heavy atom. The standard InChI is InChI=1S/C20H23NO4/c1-4-23-18-13-15(14-19(24-5-2)20(18)25-6-3)7-8-17(22)16-9-11-21-12-10-16/h7-14H,4-6H2,1-3H3/b8-7+. The van der Waals surface area contributed by atoms with Gasteiger partial charge in [0.2, 0.25) is 5.75 Å². The Balaban J connectivity index is 2.33. The van der Waals surface area contributed by atoms with Crippen LogP contribution in [0.4, 0.5) is 0 Å². The molecule has 0 unspecified atom stereocenters. The highest BCUT2D eigenvalue weighted by Crippen LogP contribution is 2.39. The average Bonchev–Trinajstić information content (AvgIpc) is 2.63. The van der Waals surface area contributed by atoms with Gasteiger partial charge in [-0.15, -0.1) is 0 Å². The van der Waals surface area contributed by atoms with E-state index in [0.29, 0.717) is 42.6 Å². The first-order chi connectivity index (χ1) is 12.2. The molecular weight excluding hydrogens is 318 g/mol. The van der Waals surface area contributed by atoms with Gasteiger partial charge in [0.15, 0.2) is 17.3 Å². The molecule has 0 atom stereocenters. The van der Waals surface area contributed by atoms with Crippen LogP contribution in [-0.2, 0) is 0 Å². The summed E-state index contributed by atoms with van der Waals surface area (Å²) in [5.41, 5.74) is 1.39. The number of allylic oxidation sites excluding steroid dienone is 1. The number of aromatic nitrogens is 1. The second-order valence-corrected chi connectivity index (χ2v) is 5.08. The molecule has 0 saturated heterocycles. The number of carbonyl (C=O) groups is 1. The summed E-state index contributed by atoms with van der Waals surface area (Å²) < 4.78 is 17.0. The smallest absolute Gasteiger partial charge is 0.203 e. The van der Waals surface area contributed by atoms with Crippen molar-refractivity contribution in [2.24, 2.45) is 0 Å². The Morgan fingerprint density at radius 1 is 0.960 bits per heavy atom. The van der Waals surface area contributed by atoms with Gasteiger partial charge in [0.1, 0.15) is 0 Å². The summed E-state index contributed by atoms with van der Waals surface area (Å²) in [7, 11) is 0. The van der Waals surface area contributed by atoms with E-state index in [2.05, 4.69) is 4.98 Å². The molecule has 1 heterocycles. The van der Waals surface area contributed by atoms with Crippen molar-refractivity contribution >= 4 is 11.9 Å². The minimum Gasteiger partial charge on any atom is -0.490 e. The van der Waals surface area contributed by atoms with Crippen LogP contribution in [0.25, 0.3) is 6.08 Å². The molecule has 5 heteroatoms. The SMILES string of the molecule is CCOc1cc(/C=C/C(=O)c2ccncc2)cc(OCC)c1OCC. The molecule has 0 N–H and O–H groups in total. The van der Waals surface area contributed by atoms with E-state index in [1.54, 1.807) is 30.6 Å². The van der Waals surface area contributed by atoms with E-state index in [4.69, 9.17) is 14.2 Å². The van der Waals surface area contributed by atoms with Crippen LogP contribution >= 0.6 is 0 Å². The minimum atomic E-state index is -0.0906. The number of hydrogen-bond acceptors (Lipinski definition) is 5. The lowest BCUT2D eigenvalue weighted by Gasteiger charge is -2.16. The molecule has 0 radical (unpaired) electrons. The van der Waals surface area contributed by atoms with Crippen LogP contribution in [0.15, 0.2) is 42.7 Å². The normalized spacial score (nSPS) is 10.7. The maximum atomic E-state index is 12.2. The van der Waals surface area contributed by atoms with Crippen LogP contribution in [0.3, 0.4) is 0 Å². The summed E-state index contributed by atoms with van der Waals surface area (Å²) in [6.45, 7) is 7.25. The van der Waals surface area contributed by atoms with Crippen LogP contribution < -0.4 is 14.2 Å². The number of ketones is 1. The van der Waals surface area contributed by atoms with Gasteiger partial charge in [0, 0.05) is 18.0 Å². The third kappa shape index (κ3) is 5.08. The Bertz CT molecular complexity index is 699. The molecule has 2 rings (SSSR count). The molecule has 0 aliphatic rings. The zero-order valence-electron chi connectivity index (χ0n) is 14.8. The predicted molar refractivity (Wildman–Crippen MR) is 97.6 cm³/mol. The maximum absolute atomic E-state index is 12.2. The number of carbonyl (C=O) groups excluding carboxylic acids is 1. The molecule has 1 aromatic heterocycles. The van der Waals surface area contributed by atoms with Gasteiger partial charge in [-0.25, -0.2) is 0 Å². The molecular formula is C20H23NO4. The predicted octanol–water partition coefficient (Wildman–Crippen LogP) is 4.17. The topological polar surface area (TPSA) is 57.7 Å². The zero-order chi connectivity index (χ0) is 18.1. The summed E-state index contributed by atoms with van der Waals surface area (Å²) >= 11 is 0. The number of nitrogens with zero attached hydrogens (tertiary/aromatic N) is 1. The summed E-state index contributed by atoms with van der Waals surface area (Å²) in [4.78, 5) is 16.1. The first kappa shape index (κ1) is 18.5. The van der Waals surface area contributed by atoms with Crippen LogP contribution in [-0.4, -0.2) is 30.6 Å². The number of ether oxygens (including phenoxy) is 3. The second-order valence-electron chi connectivity index (χ2n) is 5.08. The number of benzene rings is 1. The monoisotopic (exact) mass is 341 g/mol. The van der Waals surface area contributed by atoms with Crippen LogP contribution in [0, 0.1) is 0 Å². The van der Waals surface area contributed by atoms with E-state index in [0.717, 1.165) is 5.56 Å². The average molecular weight is 341 g/mol. The van der Waals surface area contributed by atoms with Gasteiger partial charge in [-0.1, -0.05) is 6.08 Å². The Kier molecular flexibility index (Phi) is 7.01. The Morgan fingerprint density at radius 3 is 2.04 bits per heavy atom. The molecule has 0 spiro atoms. The molecule has 0 bridgehead atoms. The highest BCUT2D eigenvalue weighted by molar-refractivity contribution is 6.06. The molecule has 2 aromatic rings. The molecule has 132 valence electrons. The Hall–Kier alpha value is -2.82. The third-order valence-corrected chi connectivity index (χ3v) is 3.32. The second kappa shape index (κ2) is 9.47. The van der Waals surface area contributed by atoms with Gasteiger partial charge in [-0.05, 0) is 56.7 Å². The van der Waals surface area contributed by atoms with Crippen LogP contribution in [0.2, 0.25) is 0 Å². The highest BCUT2D eigenvalue weighted by atomic mass is 16.5. The van der Waals surface area contributed by atoms with E-state index in [9.17, 15) is 4.79 Å². The van der Waals surface area contributed by atoms with E-state index >= 15 is 0 Å². The van der Waals surface area contributed by atoms with E-state index in [-0.39, 0.29) is 5.78 Å². The number of rotatable bonds is 9. The lowest BCUT2D eigenvalue weighted by molar-refractivity contribution is 0.104.